The van der Waals surface area contributed by atoms with Crippen molar-refractivity contribution >= 4 is 11.8 Å². The van der Waals surface area contributed by atoms with Crippen molar-refractivity contribution in [1.82, 2.24) is 15.2 Å². The molecule has 1 saturated heterocycles. The largest absolute Gasteiger partial charge is 0.505 e. The molecule has 0 aromatic carbocycles. The van der Waals surface area contributed by atoms with Crippen LogP contribution in [0.5, 0.6) is 5.75 Å². The lowest BCUT2D eigenvalue weighted by molar-refractivity contribution is -0.130. The molecule has 1 aromatic heterocycles. The lowest BCUT2D eigenvalue weighted by atomic mass is 9.98. The zero-order valence-corrected chi connectivity index (χ0v) is 11.5. The highest BCUT2D eigenvalue weighted by atomic mass is 16.3. The monoisotopic (exact) mass is 277 g/mol. The van der Waals surface area contributed by atoms with E-state index in [9.17, 15) is 14.7 Å². The first kappa shape index (κ1) is 14.3. The van der Waals surface area contributed by atoms with Gasteiger partial charge in [0.2, 0.25) is 5.91 Å². The molecule has 108 valence electrons. The highest BCUT2D eigenvalue weighted by molar-refractivity contribution is 5.96. The van der Waals surface area contributed by atoms with Gasteiger partial charge in [0.05, 0.1) is 11.8 Å². The predicted octanol–water partition coefficient (Wildman–Crippen LogP) is 0.775. The van der Waals surface area contributed by atoms with E-state index in [1.54, 1.807) is 6.92 Å². The quantitative estimate of drug-likeness (QED) is 0.855. The van der Waals surface area contributed by atoms with Gasteiger partial charge in [0.1, 0.15) is 5.75 Å². The van der Waals surface area contributed by atoms with Gasteiger partial charge in [0.15, 0.2) is 0 Å². The van der Waals surface area contributed by atoms with Crippen LogP contribution in [0.1, 0.15) is 30.1 Å². The fourth-order valence-corrected chi connectivity index (χ4v) is 2.43. The molecule has 1 fully saturated rings. The summed E-state index contributed by atoms with van der Waals surface area (Å²) in [5, 5.41) is 12.4. The second kappa shape index (κ2) is 6.36. The van der Waals surface area contributed by atoms with Crippen LogP contribution in [0.4, 0.5) is 0 Å². The Hall–Kier alpha value is -2.11. The van der Waals surface area contributed by atoms with Gasteiger partial charge in [-0.1, -0.05) is 0 Å². The van der Waals surface area contributed by atoms with Gasteiger partial charge in [0, 0.05) is 32.8 Å². The third kappa shape index (κ3) is 3.46. The lowest BCUT2D eigenvalue weighted by Gasteiger charge is -2.32. The zero-order valence-electron chi connectivity index (χ0n) is 11.5. The molecule has 0 spiro atoms. The zero-order chi connectivity index (χ0) is 14.5. The average molecular weight is 277 g/mol. The van der Waals surface area contributed by atoms with Crippen molar-refractivity contribution in [2.24, 2.45) is 5.92 Å². The van der Waals surface area contributed by atoms with Crippen molar-refractivity contribution in [3.63, 3.8) is 0 Å². The third-order valence-electron chi connectivity index (χ3n) is 3.56. The van der Waals surface area contributed by atoms with Crippen molar-refractivity contribution in [2.75, 3.05) is 19.6 Å². The highest BCUT2D eigenvalue weighted by Crippen LogP contribution is 2.17. The number of carbonyl (C=O) groups excluding carboxylic acids is 2. The van der Waals surface area contributed by atoms with Crippen LogP contribution in [0.3, 0.4) is 0 Å². The Morgan fingerprint density at radius 3 is 3.05 bits per heavy atom. The molecular formula is C14H19N3O3. The maximum atomic E-state index is 11.9. The average Bonchev–Trinajstić information content (AvgIpc) is 2.45. The molecule has 1 aromatic rings. The molecule has 1 aliphatic heterocycles. The number of nitrogens with one attached hydrogen (secondary N) is 1. The summed E-state index contributed by atoms with van der Waals surface area (Å²) in [6.07, 6.45) is 4.66. The van der Waals surface area contributed by atoms with Crippen LogP contribution in [0.2, 0.25) is 0 Å². The van der Waals surface area contributed by atoms with Crippen LogP contribution in [-0.4, -0.2) is 46.4 Å². The maximum absolute atomic E-state index is 11.9. The van der Waals surface area contributed by atoms with Gasteiger partial charge in [-0.15, -0.1) is 0 Å². The number of piperidine rings is 1. The van der Waals surface area contributed by atoms with Crippen molar-refractivity contribution in [3.05, 3.63) is 24.0 Å². The summed E-state index contributed by atoms with van der Waals surface area (Å²) in [5.41, 5.74) is 0.222. The van der Waals surface area contributed by atoms with Gasteiger partial charge in [-0.2, -0.15) is 0 Å². The van der Waals surface area contributed by atoms with Gasteiger partial charge < -0.3 is 15.3 Å². The first-order valence-corrected chi connectivity index (χ1v) is 6.74. The maximum Gasteiger partial charge on any atom is 0.255 e. The molecule has 2 heterocycles. The van der Waals surface area contributed by atoms with E-state index >= 15 is 0 Å². The predicted molar refractivity (Wildman–Crippen MR) is 73.2 cm³/mol. The summed E-state index contributed by atoms with van der Waals surface area (Å²) in [6.45, 7) is 3.54. The Morgan fingerprint density at radius 1 is 1.55 bits per heavy atom. The number of aromatic nitrogens is 1. The summed E-state index contributed by atoms with van der Waals surface area (Å²) in [5.74, 6) is -0.0998. The SMILES string of the molecule is CC(=O)N1CCCC(CNC(=O)c2ccncc2O)C1. The molecular weight excluding hydrogens is 258 g/mol. The molecule has 0 saturated carbocycles. The van der Waals surface area contributed by atoms with Crippen molar-refractivity contribution in [1.29, 1.82) is 0 Å². The smallest absolute Gasteiger partial charge is 0.255 e. The summed E-state index contributed by atoms with van der Waals surface area (Å²) >= 11 is 0. The lowest BCUT2D eigenvalue weighted by Crippen LogP contribution is -2.42. The molecule has 2 rings (SSSR count). The van der Waals surface area contributed by atoms with Crippen molar-refractivity contribution in [2.45, 2.75) is 19.8 Å². The van der Waals surface area contributed by atoms with Crippen molar-refractivity contribution in [3.8, 4) is 5.75 Å². The van der Waals surface area contributed by atoms with E-state index < -0.39 is 0 Å². The number of amides is 2. The Morgan fingerprint density at radius 2 is 2.35 bits per heavy atom. The summed E-state index contributed by atoms with van der Waals surface area (Å²) in [4.78, 5) is 28.8. The fourth-order valence-electron chi connectivity index (χ4n) is 2.43. The van der Waals surface area contributed by atoms with E-state index in [0.29, 0.717) is 13.1 Å². The van der Waals surface area contributed by atoms with E-state index in [1.165, 1.54) is 18.5 Å². The molecule has 1 atom stereocenters. The first-order valence-electron chi connectivity index (χ1n) is 6.74. The topological polar surface area (TPSA) is 82.5 Å². The van der Waals surface area contributed by atoms with E-state index in [2.05, 4.69) is 10.3 Å². The standard InChI is InChI=1S/C14H19N3O3/c1-10(18)17-6-2-3-11(9-17)7-16-14(20)12-4-5-15-8-13(12)19/h4-5,8,11,19H,2-3,6-7,9H2,1H3,(H,16,20). The van der Waals surface area contributed by atoms with Gasteiger partial charge in [-0.05, 0) is 24.8 Å². The second-order valence-corrected chi connectivity index (χ2v) is 5.08. The van der Waals surface area contributed by atoms with E-state index in [4.69, 9.17) is 0 Å². The minimum atomic E-state index is -0.315. The minimum absolute atomic E-state index is 0.0767. The summed E-state index contributed by atoms with van der Waals surface area (Å²) in [6, 6.07) is 1.48. The van der Waals surface area contributed by atoms with Crippen LogP contribution in [0.25, 0.3) is 0 Å². The van der Waals surface area contributed by atoms with Crippen LogP contribution in [0, 0.1) is 5.92 Å². The molecule has 6 heteroatoms. The molecule has 0 radical (unpaired) electrons. The number of hydrogen-bond donors (Lipinski definition) is 2. The number of nitrogens with zero attached hydrogens (tertiary/aromatic N) is 2. The van der Waals surface area contributed by atoms with Gasteiger partial charge in [-0.25, -0.2) is 0 Å². The van der Waals surface area contributed by atoms with E-state index in [0.717, 1.165) is 19.4 Å². The van der Waals surface area contributed by atoms with Gasteiger partial charge in [0.25, 0.3) is 5.91 Å². The number of hydrogen-bond acceptors (Lipinski definition) is 4. The molecule has 1 aliphatic rings. The molecule has 20 heavy (non-hydrogen) atoms. The fraction of sp³-hybridized carbons (Fsp3) is 0.500. The van der Waals surface area contributed by atoms with E-state index in [-0.39, 0.29) is 29.0 Å². The second-order valence-electron chi connectivity index (χ2n) is 5.08. The number of pyridine rings is 1. The molecule has 0 bridgehead atoms. The van der Waals surface area contributed by atoms with Crippen LogP contribution in [0.15, 0.2) is 18.5 Å². The molecule has 2 N–H and O–H groups in total. The van der Waals surface area contributed by atoms with Gasteiger partial charge >= 0.3 is 0 Å². The first-order chi connectivity index (χ1) is 9.58. The Bertz CT molecular complexity index is 504. The minimum Gasteiger partial charge on any atom is -0.505 e. The third-order valence-corrected chi connectivity index (χ3v) is 3.56. The number of aromatic hydroxyl groups is 1. The molecule has 0 aliphatic carbocycles. The number of likely N-dealkylation sites (tertiary alicyclic amines) is 1. The summed E-state index contributed by atoms with van der Waals surface area (Å²) in [7, 11) is 0. The molecule has 1 unspecified atom stereocenters. The Balaban J connectivity index is 1.87. The normalized spacial score (nSPS) is 18.6. The summed E-state index contributed by atoms with van der Waals surface area (Å²) < 4.78 is 0. The van der Waals surface area contributed by atoms with Crippen LogP contribution >= 0.6 is 0 Å². The Labute approximate surface area is 117 Å². The van der Waals surface area contributed by atoms with Crippen LogP contribution in [-0.2, 0) is 4.79 Å². The number of rotatable bonds is 3. The number of carbonyl (C=O) groups is 2. The van der Waals surface area contributed by atoms with Gasteiger partial charge in [-0.3, -0.25) is 14.6 Å². The highest BCUT2D eigenvalue weighted by Gasteiger charge is 2.22. The van der Waals surface area contributed by atoms with Crippen molar-refractivity contribution < 1.29 is 14.7 Å². The molecule has 6 nitrogen and oxygen atoms in total. The Kier molecular flexibility index (Phi) is 4.55. The van der Waals surface area contributed by atoms with Crippen LogP contribution < -0.4 is 5.32 Å². The van der Waals surface area contributed by atoms with E-state index in [1.807, 2.05) is 4.90 Å². The molecule has 2 amide bonds.